The highest BCUT2D eigenvalue weighted by Crippen LogP contribution is 2.22. The third-order valence-corrected chi connectivity index (χ3v) is 5.75. The van der Waals surface area contributed by atoms with E-state index in [9.17, 15) is 14.4 Å². The molecule has 1 aliphatic heterocycles. The number of benzene rings is 1. The topological polar surface area (TPSA) is 90.3 Å². The normalized spacial score (nSPS) is 15.5. The van der Waals surface area contributed by atoms with Gasteiger partial charge in [0.15, 0.2) is 5.78 Å². The van der Waals surface area contributed by atoms with E-state index in [1.165, 1.54) is 17.2 Å². The van der Waals surface area contributed by atoms with Gasteiger partial charge in [0, 0.05) is 13.6 Å². The summed E-state index contributed by atoms with van der Waals surface area (Å²) in [7, 11) is 1.39. The summed E-state index contributed by atoms with van der Waals surface area (Å²) in [6, 6.07) is 10.5. The number of Topliss-reactive ketones (excluding diaryl/α,β-unsaturated/α-hetero) is 1. The Labute approximate surface area is 170 Å². The number of likely N-dealkylation sites (tertiary alicyclic amines) is 1. The number of ketones is 1. The molecular formula is C22H30N4O3. The van der Waals surface area contributed by atoms with E-state index in [2.05, 4.69) is 29.2 Å². The average Bonchev–Trinajstić information content (AvgIpc) is 2.72. The number of nitrogens with zero attached hydrogens (tertiary/aromatic N) is 3. The molecular weight excluding hydrogens is 368 g/mol. The van der Waals surface area contributed by atoms with E-state index in [-0.39, 0.29) is 23.7 Å². The van der Waals surface area contributed by atoms with Crippen LogP contribution in [0.2, 0.25) is 0 Å². The minimum Gasteiger partial charge on any atom is -0.384 e. The molecule has 0 amide bonds. The van der Waals surface area contributed by atoms with Crippen molar-refractivity contribution in [3.8, 4) is 0 Å². The number of hydrogen-bond donors (Lipinski definition) is 1. The summed E-state index contributed by atoms with van der Waals surface area (Å²) in [5.41, 5.74) is 6.26. The number of nitrogen functional groups attached to an aromatic ring is 1. The number of piperidine rings is 1. The predicted molar refractivity (Wildman–Crippen MR) is 114 cm³/mol. The second-order valence-electron chi connectivity index (χ2n) is 7.89. The molecule has 1 fully saturated rings. The lowest BCUT2D eigenvalue weighted by molar-refractivity contribution is 0.0893. The Kier molecular flexibility index (Phi) is 6.69. The Morgan fingerprint density at radius 1 is 1.14 bits per heavy atom. The summed E-state index contributed by atoms with van der Waals surface area (Å²) < 4.78 is 2.30. The van der Waals surface area contributed by atoms with Crippen LogP contribution in [0.3, 0.4) is 0 Å². The van der Waals surface area contributed by atoms with E-state index < -0.39 is 11.2 Å². The van der Waals surface area contributed by atoms with Crippen molar-refractivity contribution in [3.05, 3.63) is 62.3 Å². The van der Waals surface area contributed by atoms with Gasteiger partial charge in [-0.1, -0.05) is 37.3 Å². The summed E-state index contributed by atoms with van der Waals surface area (Å²) in [6.45, 7) is 4.08. The van der Waals surface area contributed by atoms with Crippen molar-refractivity contribution in [3.63, 3.8) is 0 Å². The fourth-order valence-electron chi connectivity index (χ4n) is 4.06. The van der Waals surface area contributed by atoms with Gasteiger partial charge < -0.3 is 5.73 Å². The van der Waals surface area contributed by atoms with Crippen LogP contribution in [0.15, 0.2) is 39.9 Å². The Morgan fingerprint density at radius 2 is 1.79 bits per heavy atom. The number of rotatable bonds is 7. The number of anilines is 1. The van der Waals surface area contributed by atoms with E-state index in [1.54, 1.807) is 0 Å². The van der Waals surface area contributed by atoms with Crippen molar-refractivity contribution >= 4 is 11.6 Å². The molecule has 1 aliphatic rings. The average molecular weight is 399 g/mol. The minimum absolute atomic E-state index is 0.0103. The zero-order valence-electron chi connectivity index (χ0n) is 17.3. The molecule has 3 rings (SSSR count). The molecule has 0 aliphatic carbocycles. The summed E-state index contributed by atoms with van der Waals surface area (Å²) >= 11 is 0. The highest BCUT2D eigenvalue weighted by Gasteiger charge is 2.25. The fourth-order valence-corrected chi connectivity index (χ4v) is 4.06. The molecule has 0 bridgehead atoms. The van der Waals surface area contributed by atoms with Crippen LogP contribution >= 0.6 is 0 Å². The van der Waals surface area contributed by atoms with Gasteiger partial charge >= 0.3 is 5.69 Å². The van der Waals surface area contributed by atoms with Crippen LogP contribution < -0.4 is 17.0 Å². The third-order valence-electron chi connectivity index (χ3n) is 5.75. The molecule has 0 radical (unpaired) electrons. The highest BCUT2D eigenvalue weighted by molar-refractivity contribution is 6.01. The van der Waals surface area contributed by atoms with Gasteiger partial charge in [-0.3, -0.25) is 23.6 Å². The van der Waals surface area contributed by atoms with E-state index >= 15 is 0 Å². The highest BCUT2D eigenvalue weighted by atomic mass is 16.2. The molecule has 1 aromatic carbocycles. The number of hydrogen-bond acceptors (Lipinski definition) is 5. The molecule has 7 heteroatoms. The van der Waals surface area contributed by atoms with E-state index in [0.29, 0.717) is 18.9 Å². The molecule has 0 spiro atoms. The standard InChI is InChI=1S/C22H30N4O3/c1-3-11-26-20(23)19(21(28)24(2)22(26)29)18(27)15-25-12-9-17(10-13-25)14-16-7-5-4-6-8-16/h4-8,17H,3,9-15,23H2,1-2H3. The maximum absolute atomic E-state index is 12.9. The first kappa shape index (κ1) is 21.0. The Hall–Kier alpha value is -2.67. The second kappa shape index (κ2) is 9.22. The zero-order valence-corrected chi connectivity index (χ0v) is 17.3. The van der Waals surface area contributed by atoms with E-state index in [1.807, 2.05) is 13.0 Å². The van der Waals surface area contributed by atoms with Gasteiger partial charge in [0.1, 0.15) is 11.4 Å². The molecule has 2 heterocycles. The first-order chi connectivity index (χ1) is 13.9. The van der Waals surface area contributed by atoms with Crippen molar-refractivity contribution in [2.45, 2.75) is 39.2 Å². The lowest BCUT2D eigenvalue weighted by Crippen LogP contribution is -2.45. The molecule has 29 heavy (non-hydrogen) atoms. The molecule has 0 unspecified atom stereocenters. The van der Waals surface area contributed by atoms with Gasteiger partial charge in [-0.05, 0) is 50.3 Å². The molecule has 7 nitrogen and oxygen atoms in total. The maximum atomic E-state index is 12.9. The Bertz CT molecular complexity index is 970. The number of carbonyl (C=O) groups excluding carboxylic acids is 1. The first-order valence-corrected chi connectivity index (χ1v) is 10.3. The minimum atomic E-state index is -0.608. The van der Waals surface area contributed by atoms with Crippen LogP contribution in [0.5, 0.6) is 0 Å². The van der Waals surface area contributed by atoms with Crippen LogP contribution in [0.1, 0.15) is 42.1 Å². The van der Waals surface area contributed by atoms with Crippen LogP contribution in [0.25, 0.3) is 0 Å². The summed E-state index contributed by atoms with van der Waals surface area (Å²) in [5, 5.41) is 0. The summed E-state index contributed by atoms with van der Waals surface area (Å²) in [5.74, 6) is 0.284. The molecule has 156 valence electrons. The largest absolute Gasteiger partial charge is 0.384 e. The fraction of sp³-hybridized carbons (Fsp3) is 0.500. The second-order valence-corrected chi connectivity index (χ2v) is 7.89. The lowest BCUT2D eigenvalue weighted by Gasteiger charge is -2.31. The molecule has 1 saturated heterocycles. The van der Waals surface area contributed by atoms with E-state index in [4.69, 9.17) is 5.73 Å². The smallest absolute Gasteiger partial charge is 0.332 e. The van der Waals surface area contributed by atoms with Crippen LogP contribution in [0.4, 0.5) is 5.82 Å². The van der Waals surface area contributed by atoms with Crippen LogP contribution in [-0.2, 0) is 20.0 Å². The molecule has 1 aromatic heterocycles. The molecule has 0 atom stereocenters. The number of aromatic nitrogens is 2. The first-order valence-electron chi connectivity index (χ1n) is 10.3. The Balaban J connectivity index is 1.67. The maximum Gasteiger partial charge on any atom is 0.332 e. The molecule has 2 aromatic rings. The van der Waals surface area contributed by atoms with E-state index in [0.717, 1.165) is 36.9 Å². The van der Waals surface area contributed by atoms with Gasteiger partial charge in [-0.15, -0.1) is 0 Å². The van der Waals surface area contributed by atoms with Crippen molar-refractivity contribution in [2.24, 2.45) is 13.0 Å². The Morgan fingerprint density at radius 3 is 2.41 bits per heavy atom. The van der Waals surface area contributed by atoms with Crippen molar-refractivity contribution in [1.82, 2.24) is 14.0 Å². The van der Waals surface area contributed by atoms with Crippen molar-refractivity contribution in [2.75, 3.05) is 25.4 Å². The zero-order chi connectivity index (χ0) is 21.0. The summed E-state index contributed by atoms with van der Waals surface area (Å²) in [6.07, 6.45) is 3.78. The number of nitrogens with two attached hydrogens (primary N) is 1. The predicted octanol–water partition coefficient (Wildman–Crippen LogP) is 1.68. The van der Waals surface area contributed by atoms with Crippen molar-refractivity contribution in [1.29, 1.82) is 0 Å². The SMILES string of the molecule is CCCn1c(N)c(C(=O)CN2CCC(Cc3ccccc3)CC2)c(=O)n(C)c1=O. The van der Waals surface area contributed by atoms with Gasteiger partial charge in [0.25, 0.3) is 5.56 Å². The quantitative estimate of drug-likeness (QED) is 0.717. The number of carbonyl (C=O) groups is 1. The molecule has 2 N–H and O–H groups in total. The summed E-state index contributed by atoms with van der Waals surface area (Å²) in [4.78, 5) is 39.8. The van der Waals surface area contributed by atoms with Crippen LogP contribution in [0, 0.1) is 5.92 Å². The third kappa shape index (κ3) is 4.67. The molecule has 0 saturated carbocycles. The van der Waals surface area contributed by atoms with Gasteiger partial charge in [-0.2, -0.15) is 0 Å². The van der Waals surface area contributed by atoms with Crippen molar-refractivity contribution < 1.29 is 4.79 Å². The van der Waals surface area contributed by atoms with Crippen LogP contribution in [-0.4, -0.2) is 39.5 Å². The van der Waals surface area contributed by atoms with Gasteiger partial charge in [0.2, 0.25) is 0 Å². The van der Waals surface area contributed by atoms with Gasteiger partial charge in [-0.25, -0.2) is 4.79 Å². The van der Waals surface area contributed by atoms with Gasteiger partial charge in [0.05, 0.1) is 6.54 Å². The lowest BCUT2D eigenvalue weighted by atomic mass is 9.90. The monoisotopic (exact) mass is 398 g/mol.